The number of benzene rings is 1. The number of nitrogens with one attached hydrogen (secondary N) is 1. The Balaban J connectivity index is 2.60. The van der Waals surface area contributed by atoms with Crippen LogP contribution in [0, 0.1) is 6.92 Å². The van der Waals surface area contributed by atoms with E-state index in [9.17, 15) is 0 Å². The molecule has 4 heteroatoms. The number of hydrogen-bond donors (Lipinski definition) is 3. The summed E-state index contributed by atoms with van der Waals surface area (Å²) in [6, 6.07) is 6.34. The molecule has 0 saturated carbocycles. The van der Waals surface area contributed by atoms with Crippen molar-refractivity contribution in [2.75, 3.05) is 20.2 Å². The summed E-state index contributed by atoms with van der Waals surface area (Å²) in [4.78, 5) is 0. The van der Waals surface area contributed by atoms with Gasteiger partial charge in [0.05, 0.1) is 7.11 Å². The van der Waals surface area contributed by atoms with Gasteiger partial charge >= 0.3 is 0 Å². The number of rotatable bonds is 6. The molecule has 0 fully saturated rings. The number of aryl methyl sites for hydroxylation is 1. The minimum absolute atomic E-state index is 0.173. The van der Waals surface area contributed by atoms with Gasteiger partial charge in [-0.3, -0.25) is 0 Å². The van der Waals surface area contributed by atoms with Crippen molar-refractivity contribution in [3.63, 3.8) is 0 Å². The van der Waals surface area contributed by atoms with Crippen LogP contribution in [0.2, 0.25) is 0 Å². The van der Waals surface area contributed by atoms with Crippen LogP contribution in [0.1, 0.15) is 11.1 Å². The van der Waals surface area contributed by atoms with Crippen molar-refractivity contribution in [3.05, 3.63) is 29.3 Å². The molecule has 0 aliphatic rings. The highest BCUT2D eigenvalue weighted by atomic mass is 16.5. The van der Waals surface area contributed by atoms with Crippen LogP contribution >= 0.6 is 0 Å². The van der Waals surface area contributed by atoms with Crippen molar-refractivity contribution in [1.82, 2.24) is 5.32 Å². The van der Waals surface area contributed by atoms with Crippen LogP contribution in [0.25, 0.3) is 0 Å². The van der Waals surface area contributed by atoms with Crippen molar-refractivity contribution in [3.8, 4) is 5.75 Å². The summed E-state index contributed by atoms with van der Waals surface area (Å²) in [7, 11) is 1.68. The Bertz CT molecular complexity index is 324. The molecule has 0 atom stereocenters. The lowest BCUT2D eigenvalue weighted by molar-refractivity contribution is 0.410. The summed E-state index contributed by atoms with van der Waals surface area (Å²) in [5, 5.41) is 3.30. The van der Waals surface area contributed by atoms with Crippen LogP contribution in [0.15, 0.2) is 18.2 Å². The SMILES string of the molecule is COc1cc(CNC(CN)CN)ccc1C. The molecular weight excluding hydrogens is 202 g/mol. The van der Waals surface area contributed by atoms with Gasteiger partial charge in [-0.15, -0.1) is 0 Å². The maximum absolute atomic E-state index is 5.56. The highest BCUT2D eigenvalue weighted by molar-refractivity contribution is 5.36. The molecule has 0 aliphatic carbocycles. The first-order valence-electron chi connectivity index (χ1n) is 5.48. The molecule has 0 heterocycles. The third-order valence-electron chi connectivity index (χ3n) is 2.64. The first kappa shape index (κ1) is 13.0. The van der Waals surface area contributed by atoms with Crippen LogP contribution in [0.5, 0.6) is 5.75 Å². The van der Waals surface area contributed by atoms with Gasteiger partial charge in [-0.05, 0) is 24.1 Å². The maximum Gasteiger partial charge on any atom is 0.122 e. The van der Waals surface area contributed by atoms with Gasteiger partial charge in [0.1, 0.15) is 5.75 Å². The summed E-state index contributed by atoms with van der Waals surface area (Å²) in [5.41, 5.74) is 13.4. The van der Waals surface area contributed by atoms with E-state index in [1.54, 1.807) is 7.11 Å². The average molecular weight is 223 g/mol. The van der Waals surface area contributed by atoms with E-state index < -0.39 is 0 Å². The smallest absolute Gasteiger partial charge is 0.122 e. The average Bonchev–Trinajstić information content (AvgIpc) is 2.32. The zero-order valence-electron chi connectivity index (χ0n) is 9.99. The molecule has 90 valence electrons. The zero-order chi connectivity index (χ0) is 12.0. The highest BCUT2D eigenvalue weighted by Gasteiger charge is 2.04. The van der Waals surface area contributed by atoms with Crippen molar-refractivity contribution in [2.45, 2.75) is 19.5 Å². The van der Waals surface area contributed by atoms with E-state index >= 15 is 0 Å². The number of methoxy groups -OCH3 is 1. The Morgan fingerprint density at radius 3 is 2.56 bits per heavy atom. The van der Waals surface area contributed by atoms with Gasteiger partial charge in [0.15, 0.2) is 0 Å². The van der Waals surface area contributed by atoms with Gasteiger partial charge < -0.3 is 21.5 Å². The lowest BCUT2D eigenvalue weighted by Gasteiger charge is -2.15. The standard InChI is InChI=1S/C12H21N3O/c1-9-3-4-10(5-12(9)16-2)8-15-11(6-13)7-14/h3-5,11,15H,6-8,13-14H2,1-2H3. The molecule has 0 spiro atoms. The largest absolute Gasteiger partial charge is 0.496 e. The van der Waals surface area contributed by atoms with Gasteiger partial charge in [0.2, 0.25) is 0 Å². The Kier molecular flexibility index (Phi) is 5.25. The van der Waals surface area contributed by atoms with E-state index in [1.807, 2.05) is 13.0 Å². The van der Waals surface area contributed by atoms with Crippen molar-refractivity contribution < 1.29 is 4.74 Å². The summed E-state index contributed by atoms with van der Waals surface area (Å²) < 4.78 is 5.27. The van der Waals surface area contributed by atoms with Crippen molar-refractivity contribution in [2.24, 2.45) is 11.5 Å². The molecule has 1 aromatic carbocycles. The predicted molar refractivity (Wildman–Crippen MR) is 66.5 cm³/mol. The first-order chi connectivity index (χ1) is 7.71. The van der Waals surface area contributed by atoms with E-state index in [0.29, 0.717) is 13.1 Å². The van der Waals surface area contributed by atoms with E-state index in [-0.39, 0.29) is 6.04 Å². The van der Waals surface area contributed by atoms with Crippen molar-refractivity contribution >= 4 is 0 Å². The fourth-order valence-corrected chi connectivity index (χ4v) is 1.50. The molecule has 0 saturated heterocycles. The van der Waals surface area contributed by atoms with Gasteiger partial charge in [0, 0.05) is 25.7 Å². The Labute approximate surface area is 97.0 Å². The van der Waals surface area contributed by atoms with Crippen LogP contribution < -0.4 is 21.5 Å². The van der Waals surface area contributed by atoms with Gasteiger partial charge in [-0.2, -0.15) is 0 Å². The first-order valence-corrected chi connectivity index (χ1v) is 5.48. The second-order valence-corrected chi connectivity index (χ2v) is 3.85. The minimum Gasteiger partial charge on any atom is -0.496 e. The fourth-order valence-electron chi connectivity index (χ4n) is 1.50. The molecular formula is C12H21N3O. The lowest BCUT2D eigenvalue weighted by atomic mass is 10.1. The normalized spacial score (nSPS) is 10.8. The number of ether oxygens (including phenoxy) is 1. The number of hydrogen-bond acceptors (Lipinski definition) is 4. The molecule has 0 amide bonds. The molecule has 5 N–H and O–H groups in total. The topological polar surface area (TPSA) is 73.3 Å². The van der Waals surface area contributed by atoms with Gasteiger partial charge in [0.25, 0.3) is 0 Å². The molecule has 4 nitrogen and oxygen atoms in total. The number of nitrogens with two attached hydrogens (primary N) is 2. The molecule has 16 heavy (non-hydrogen) atoms. The van der Waals surface area contributed by atoms with Crippen LogP contribution in [0.3, 0.4) is 0 Å². The van der Waals surface area contributed by atoms with Gasteiger partial charge in [-0.1, -0.05) is 12.1 Å². The second kappa shape index (κ2) is 6.48. The summed E-state index contributed by atoms with van der Waals surface area (Å²) in [6.45, 7) is 3.90. The molecule has 0 bridgehead atoms. The Morgan fingerprint density at radius 1 is 1.31 bits per heavy atom. The van der Waals surface area contributed by atoms with E-state index in [0.717, 1.165) is 17.9 Å². The fraction of sp³-hybridized carbons (Fsp3) is 0.500. The minimum atomic E-state index is 0.173. The molecule has 0 radical (unpaired) electrons. The monoisotopic (exact) mass is 223 g/mol. The second-order valence-electron chi connectivity index (χ2n) is 3.85. The quantitative estimate of drug-likeness (QED) is 0.652. The third kappa shape index (κ3) is 3.48. The zero-order valence-corrected chi connectivity index (χ0v) is 9.99. The van der Waals surface area contributed by atoms with E-state index in [2.05, 4.69) is 17.4 Å². The molecule has 1 rings (SSSR count). The Hall–Kier alpha value is -1.10. The van der Waals surface area contributed by atoms with Gasteiger partial charge in [-0.25, -0.2) is 0 Å². The van der Waals surface area contributed by atoms with E-state index in [1.165, 1.54) is 5.56 Å². The van der Waals surface area contributed by atoms with Crippen LogP contribution in [-0.2, 0) is 6.54 Å². The molecule has 0 aliphatic heterocycles. The van der Waals surface area contributed by atoms with Crippen molar-refractivity contribution in [1.29, 1.82) is 0 Å². The molecule has 0 unspecified atom stereocenters. The summed E-state index contributed by atoms with van der Waals surface area (Å²) in [6.07, 6.45) is 0. The molecule has 0 aromatic heterocycles. The maximum atomic E-state index is 5.56. The predicted octanol–water partition coefficient (Wildman–Crippen LogP) is 0.379. The highest BCUT2D eigenvalue weighted by Crippen LogP contribution is 2.18. The summed E-state index contributed by atoms with van der Waals surface area (Å²) in [5.74, 6) is 0.913. The third-order valence-corrected chi connectivity index (χ3v) is 2.64. The van der Waals surface area contributed by atoms with Crippen LogP contribution in [0.4, 0.5) is 0 Å². The van der Waals surface area contributed by atoms with E-state index in [4.69, 9.17) is 16.2 Å². The summed E-state index contributed by atoms with van der Waals surface area (Å²) >= 11 is 0. The molecule has 1 aromatic rings. The Morgan fingerprint density at radius 2 is 2.00 bits per heavy atom. The lowest BCUT2D eigenvalue weighted by Crippen LogP contribution is -2.41. The van der Waals surface area contributed by atoms with Crippen LogP contribution in [-0.4, -0.2) is 26.2 Å².